The van der Waals surface area contributed by atoms with Gasteiger partial charge < -0.3 is 16.0 Å². The Hall–Kier alpha value is -1.10. The average Bonchev–Trinajstić information content (AvgIpc) is 2.14. The highest BCUT2D eigenvalue weighted by molar-refractivity contribution is 5.83. The van der Waals surface area contributed by atoms with Crippen molar-refractivity contribution in [3.63, 3.8) is 0 Å². The second-order valence-electron chi connectivity index (χ2n) is 3.65. The first kappa shape index (κ1) is 11.0. The maximum absolute atomic E-state index is 11.5. The first-order chi connectivity index (χ1) is 6.59. The van der Waals surface area contributed by atoms with Crippen LogP contribution in [0.4, 0.5) is 0 Å². The molecule has 1 fully saturated rings. The Bertz CT molecular complexity index is 230. The maximum atomic E-state index is 11.5. The van der Waals surface area contributed by atoms with Gasteiger partial charge in [-0.25, -0.2) is 0 Å². The number of piperidine rings is 1. The van der Waals surface area contributed by atoms with Crippen LogP contribution in [0.25, 0.3) is 0 Å². The van der Waals surface area contributed by atoms with Crippen molar-refractivity contribution in [2.24, 2.45) is 5.73 Å². The molecule has 1 saturated heterocycles. The van der Waals surface area contributed by atoms with Gasteiger partial charge in [0.1, 0.15) is 0 Å². The molecule has 2 amide bonds. The van der Waals surface area contributed by atoms with E-state index in [1.54, 1.807) is 4.90 Å². The Labute approximate surface area is 83.6 Å². The lowest BCUT2D eigenvalue weighted by Gasteiger charge is -2.30. The quantitative estimate of drug-likeness (QED) is 0.603. The summed E-state index contributed by atoms with van der Waals surface area (Å²) in [4.78, 5) is 23.8. The normalized spacial score (nSPS) is 21.9. The number of carbonyl (C=O) groups excluding carboxylic acids is 2. The largest absolute Gasteiger partial charge is 0.347 e. The van der Waals surface area contributed by atoms with E-state index in [-0.39, 0.29) is 24.4 Å². The van der Waals surface area contributed by atoms with Crippen LogP contribution in [0.3, 0.4) is 0 Å². The standard InChI is InChI=1S/C9H17N3O2/c1-7(13)11-5-9(14)12-4-2-3-8(10)6-12/h8H,2-6,10H2,1H3,(H,11,13). The smallest absolute Gasteiger partial charge is 0.242 e. The molecular weight excluding hydrogens is 182 g/mol. The highest BCUT2D eigenvalue weighted by Crippen LogP contribution is 2.07. The van der Waals surface area contributed by atoms with Crippen molar-refractivity contribution in [2.45, 2.75) is 25.8 Å². The zero-order valence-electron chi connectivity index (χ0n) is 8.45. The molecule has 5 nitrogen and oxygen atoms in total. The topological polar surface area (TPSA) is 75.4 Å². The molecule has 1 atom stereocenters. The molecule has 80 valence electrons. The number of nitrogens with zero attached hydrogens (tertiary/aromatic N) is 1. The summed E-state index contributed by atoms with van der Waals surface area (Å²) in [7, 11) is 0. The molecule has 0 aliphatic carbocycles. The Balaban J connectivity index is 2.32. The first-order valence-corrected chi connectivity index (χ1v) is 4.87. The summed E-state index contributed by atoms with van der Waals surface area (Å²) in [6.07, 6.45) is 1.93. The zero-order valence-corrected chi connectivity index (χ0v) is 8.45. The van der Waals surface area contributed by atoms with Gasteiger partial charge in [-0.1, -0.05) is 0 Å². The van der Waals surface area contributed by atoms with Gasteiger partial charge in [-0.3, -0.25) is 9.59 Å². The Morgan fingerprint density at radius 2 is 2.29 bits per heavy atom. The highest BCUT2D eigenvalue weighted by atomic mass is 16.2. The van der Waals surface area contributed by atoms with Crippen LogP contribution >= 0.6 is 0 Å². The van der Waals surface area contributed by atoms with E-state index in [0.29, 0.717) is 6.54 Å². The van der Waals surface area contributed by atoms with Crippen molar-refractivity contribution in [3.8, 4) is 0 Å². The molecule has 14 heavy (non-hydrogen) atoms. The van der Waals surface area contributed by atoms with E-state index < -0.39 is 0 Å². The predicted octanol–water partition coefficient (Wildman–Crippen LogP) is -0.928. The third-order valence-electron chi connectivity index (χ3n) is 2.30. The zero-order chi connectivity index (χ0) is 10.6. The fraction of sp³-hybridized carbons (Fsp3) is 0.778. The van der Waals surface area contributed by atoms with Crippen molar-refractivity contribution in [1.82, 2.24) is 10.2 Å². The number of carbonyl (C=O) groups is 2. The molecule has 3 N–H and O–H groups in total. The Morgan fingerprint density at radius 1 is 1.57 bits per heavy atom. The van der Waals surface area contributed by atoms with Crippen molar-refractivity contribution in [3.05, 3.63) is 0 Å². The fourth-order valence-corrected chi connectivity index (χ4v) is 1.55. The van der Waals surface area contributed by atoms with E-state index in [1.807, 2.05) is 0 Å². The van der Waals surface area contributed by atoms with Crippen LogP contribution in [0.2, 0.25) is 0 Å². The minimum atomic E-state index is -0.181. The van der Waals surface area contributed by atoms with Crippen molar-refractivity contribution in [1.29, 1.82) is 0 Å². The second kappa shape index (κ2) is 4.95. The van der Waals surface area contributed by atoms with Gasteiger partial charge in [0.2, 0.25) is 11.8 Å². The lowest BCUT2D eigenvalue weighted by molar-refractivity contribution is -0.133. The summed E-state index contributed by atoms with van der Waals surface area (Å²) < 4.78 is 0. The molecule has 0 bridgehead atoms. The van der Waals surface area contributed by atoms with E-state index in [1.165, 1.54) is 6.92 Å². The van der Waals surface area contributed by atoms with Crippen molar-refractivity contribution >= 4 is 11.8 Å². The summed E-state index contributed by atoms with van der Waals surface area (Å²) in [6, 6.07) is 0.0880. The Morgan fingerprint density at radius 3 is 2.86 bits per heavy atom. The van der Waals surface area contributed by atoms with Crippen LogP contribution in [0.5, 0.6) is 0 Å². The summed E-state index contributed by atoms with van der Waals surface area (Å²) in [5.74, 6) is -0.227. The van der Waals surface area contributed by atoms with Gasteiger partial charge in [-0.2, -0.15) is 0 Å². The maximum Gasteiger partial charge on any atom is 0.242 e. The number of nitrogens with one attached hydrogen (secondary N) is 1. The van der Waals surface area contributed by atoms with Gasteiger partial charge in [-0.05, 0) is 12.8 Å². The van der Waals surface area contributed by atoms with Crippen molar-refractivity contribution in [2.75, 3.05) is 19.6 Å². The lowest BCUT2D eigenvalue weighted by atomic mass is 10.1. The first-order valence-electron chi connectivity index (χ1n) is 4.87. The number of hydrogen-bond donors (Lipinski definition) is 2. The number of rotatable bonds is 2. The number of amides is 2. The Kier molecular flexibility index (Phi) is 3.88. The lowest BCUT2D eigenvalue weighted by Crippen LogP contribution is -2.48. The van der Waals surface area contributed by atoms with Crippen LogP contribution in [0.15, 0.2) is 0 Å². The van der Waals surface area contributed by atoms with E-state index in [2.05, 4.69) is 5.32 Å². The third kappa shape index (κ3) is 3.33. The van der Waals surface area contributed by atoms with Gasteiger partial charge >= 0.3 is 0 Å². The molecule has 0 aromatic rings. The third-order valence-corrected chi connectivity index (χ3v) is 2.30. The van der Waals surface area contributed by atoms with Crippen LogP contribution in [-0.4, -0.2) is 42.4 Å². The van der Waals surface area contributed by atoms with Crippen molar-refractivity contribution < 1.29 is 9.59 Å². The SMILES string of the molecule is CC(=O)NCC(=O)N1CCCC(N)C1. The molecule has 1 aliphatic rings. The van der Waals surface area contributed by atoms with Crippen LogP contribution in [0.1, 0.15) is 19.8 Å². The molecule has 0 spiro atoms. The molecule has 1 unspecified atom stereocenters. The average molecular weight is 199 g/mol. The molecule has 0 aromatic heterocycles. The van der Waals surface area contributed by atoms with E-state index >= 15 is 0 Å². The van der Waals surface area contributed by atoms with Crippen LogP contribution in [-0.2, 0) is 9.59 Å². The van der Waals surface area contributed by atoms with Gasteiger partial charge in [-0.15, -0.1) is 0 Å². The fourth-order valence-electron chi connectivity index (χ4n) is 1.55. The summed E-state index contributed by atoms with van der Waals surface area (Å²) in [6.45, 7) is 2.85. The summed E-state index contributed by atoms with van der Waals surface area (Å²) >= 11 is 0. The molecule has 1 rings (SSSR count). The molecular formula is C9H17N3O2. The summed E-state index contributed by atoms with van der Waals surface area (Å²) in [5, 5.41) is 2.49. The van der Waals surface area contributed by atoms with E-state index in [0.717, 1.165) is 19.4 Å². The summed E-state index contributed by atoms with van der Waals surface area (Å²) in [5.41, 5.74) is 5.74. The number of likely N-dealkylation sites (tertiary alicyclic amines) is 1. The second-order valence-corrected chi connectivity index (χ2v) is 3.65. The predicted molar refractivity (Wildman–Crippen MR) is 52.5 cm³/mol. The molecule has 0 radical (unpaired) electrons. The van der Waals surface area contributed by atoms with Crippen LogP contribution in [0, 0.1) is 0 Å². The minimum Gasteiger partial charge on any atom is -0.347 e. The van der Waals surface area contributed by atoms with Gasteiger partial charge in [0, 0.05) is 26.1 Å². The molecule has 1 aliphatic heterocycles. The molecule has 5 heteroatoms. The van der Waals surface area contributed by atoms with Gasteiger partial charge in [0.05, 0.1) is 6.54 Å². The monoisotopic (exact) mass is 199 g/mol. The van der Waals surface area contributed by atoms with Gasteiger partial charge in [0.15, 0.2) is 0 Å². The van der Waals surface area contributed by atoms with Crippen LogP contribution < -0.4 is 11.1 Å². The minimum absolute atomic E-state index is 0.0460. The number of nitrogens with two attached hydrogens (primary N) is 1. The molecule has 0 aromatic carbocycles. The van der Waals surface area contributed by atoms with E-state index in [4.69, 9.17) is 5.73 Å². The highest BCUT2D eigenvalue weighted by Gasteiger charge is 2.20. The molecule has 0 saturated carbocycles. The molecule has 1 heterocycles. The number of hydrogen-bond acceptors (Lipinski definition) is 3. The van der Waals surface area contributed by atoms with E-state index in [9.17, 15) is 9.59 Å². The van der Waals surface area contributed by atoms with Gasteiger partial charge in [0.25, 0.3) is 0 Å².